The Labute approximate surface area is 121 Å². The lowest BCUT2D eigenvalue weighted by atomic mass is 10.2. The molecule has 0 amide bonds. The van der Waals surface area contributed by atoms with E-state index in [1.807, 2.05) is 13.0 Å². The molecule has 5 heteroatoms. The van der Waals surface area contributed by atoms with E-state index in [1.54, 1.807) is 7.11 Å². The number of nitrogens with one attached hydrogen (secondary N) is 1. The van der Waals surface area contributed by atoms with Crippen molar-refractivity contribution in [3.63, 3.8) is 0 Å². The fourth-order valence-electron chi connectivity index (χ4n) is 2.67. The fraction of sp³-hybridized carbons (Fsp3) is 0.733. The number of aromatic nitrogens is 2. The molecule has 0 bridgehead atoms. The molecule has 1 aromatic heterocycles. The molecule has 20 heavy (non-hydrogen) atoms. The van der Waals surface area contributed by atoms with Gasteiger partial charge in [-0.2, -0.15) is 4.98 Å². The lowest BCUT2D eigenvalue weighted by Gasteiger charge is -2.26. The number of nitrogens with zero attached hydrogens (tertiary/aromatic N) is 3. The van der Waals surface area contributed by atoms with Crippen molar-refractivity contribution in [1.29, 1.82) is 0 Å². The highest BCUT2D eigenvalue weighted by Gasteiger charge is 2.26. The first-order chi connectivity index (χ1) is 9.60. The predicted molar refractivity (Wildman–Crippen MR) is 81.4 cm³/mol. The van der Waals surface area contributed by atoms with Crippen LogP contribution in [0.1, 0.15) is 32.5 Å². The van der Waals surface area contributed by atoms with E-state index in [0.717, 1.165) is 31.3 Å². The standard InChI is InChI=1S/C15H26N4O/c1-11(2)9-16-10-13-6-5-7-19(13)14-8-15(20-4)18-12(3)17-14/h8,11,13,16H,5-7,9-10H2,1-4H3. The molecule has 112 valence electrons. The average molecular weight is 278 g/mol. The van der Waals surface area contributed by atoms with Crippen LogP contribution in [0.2, 0.25) is 0 Å². The van der Waals surface area contributed by atoms with Crippen LogP contribution in [-0.4, -0.2) is 42.8 Å². The first kappa shape index (κ1) is 15.0. The van der Waals surface area contributed by atoms with Gasteiger partial charge in [0.15, 0.2) is 0 Å². The second kappa shape index (κ2) is 6.88. The third kappa shape index (κ3) is 3.82. The highest BCUT2D eigenvalue weighted by molar-refractivity contribution is 5.44. The number of ether oxygens (including phenoxy) is 1. The van der Waals surface area contributed by atoms with Gasteiger partial charge in [-0.15, -0.1) is 0 Å². The summed E-state index contributed by atoms with van der Waals surface area (Å²) in [5, 5.41) is 3.55. The first-order valence-electron chi connectivity index (χ1n) is 7.47. The Kier molecular flexibility index (Phi) is 5.17. The summed E-state index contributed by atoms with van der Waals surface area (Å²) in [7, 11) is 1.65. The zero-order valence-corrected chi connectivity index (χ0v) is 13.0. The van der Waals surface area contributed by atoms with Crippen molar-refractivity contribution in [3.05, 3.63) is 11.9 Å². The molecule has 1 unspecified atom stereocenters. The van der Waals surface area contributed by atoms with Gasteiger partial charge in [0, 0.05) is 25.2 Å². The molecule has 1 aliphatic heterocycles. The molecule has 2 rings (SSSR count). The van der Waals surface area contributed by atoms with Crippen LogP contribution in [0.25, 0.3) is 0 Å². The van der Waals surface area contributed by atoms with Crippen LogP contribution in [0.5, 0.6) is 5.88 Å². The molecule has 1 N–H and O–H groups in total. The van der Waals surface area contributed by atoms with Crippen LogP contribution in [-0.2, 0) is 0 Å². The Bertz CT molecular complexity index is 436. The van der Waals surface area contributed by atoms with Crippen LogP contribution < -0.4 is 15.0 Å². The monoisotopic (exact) mass is 278 g/mol. The summed E-state index contributed by atoms with van der Waals surface area (Å²) in [6.45, 7) is 9.53. The van der Waals surface area contributed by atoms with E-state index in [1.165, 1.54) is 12.8 Å². The normalized spacial score (nSPS) is 18.9. The minimum Gasteiger partial charge on any atom is -0.481 e. The summed E-state index contributed by atoms with van der Waals surface area (Å²) < 4.78 is 5.25. The summed E-state index contributed by atoms with van der Waals surface area (Å²) >= 11 is 0. The minimum absolute atomic E-state index is 0.521. The van der Waals surface area contributed by atoms with Gasteiger partial charge in [0.2, 0.25) is 5.88 Å². The molecular weight excluding hydrogens is 252 g/mol. The zero-order chi connectivity index (χ0) is 14.5. The summed E-state index contributed by atoms with van der Waals surface area (Å²) in [4.78, 5) is 11.2. The molecule has 0 aliphatic carbocycles. The molecule has 1 fully saturated rings. The predicted octanol–water partition coefficient (Wildman–Crippen LogP) is 2.01. The molecule has 1 aliphatic rings. The van der Waals surface area contributed by atoms with Gasteiger partial charge in [-0.25, -0.2) is 4.98 Å². The number of rotatable bonds is 6. The Morgan fingerprint density at radius 2 is 2.25 bits per heavy atom. The van der Waals surface area contributed by atoms with Crippen molar-refractivity contribution >= 4 is 5.82 Å². The summed E-state index contributed by atoms with van der Waals surface area (Å²) in [6, 6.07) is 2.46. The van der Waals surface area contributed by atoms with Gasteiger partial charge in [0.05, 0.1) is 7.11 Å². The van der Waals surface area contributed by atoms with Crippen molar-refractivity contribution in [2.45, 2.75) is 39.7 Å². The SMILES string of the molecule is COc1cc(N2CCCC2CNCC(C)C)nc(C)n1. The summed E-state index contributed by atoms with van der Waals surface area (Å²) in [5.41, 5.74) is 0. The average Bonchev–Trinajstić information content (AvgIpc) is 2.86. The van der Waals surface area contributed by atoms with Gasteiger partial charge in [-0.05, 0) is 32.2 Å². The van der Waals surface area contributed by atoms with Gasteiger partial charge in [0.25, 0.3) is 0 Å². The van der Waals surface area contributed by atoms with Crippen molar-refractivity contribution in [1.82, 2.24) is 15.3 Å². The highest BCUT2D eigenvalue weighted by atomic mass is 16.5. The van der Waals surface area contributed by atoms with Crippen molar-refractivity contribution in [2.24, 2.45) is 5.92 Å². The maximum Gasteiger partial charge on any atom is 0.218 e. The van der Waals surface area contributed by atoms with E-state index >= 15 is 0 Å². The van der Waals surface area contributed by atoms with Crippen molar-refractivity contribution < 1.29 is 4.74 Å². The van der Waals surface area contributed by atoms with E-state index in [0.29, 0.717) is 17.8 Å². The molecule has 1 aromatic rings. The molecule has 2 heterocycles. The molecule has 5 nitrogen and oxygen atoms in total. The Balaban J connectivity index is 2.04. The molecule has 1 saturated heterocycles. The Morgan fingerprint density at radius 3 is 2.95 bits per heavy atom. The number of aryl methyl sites for hydroxylation is 1. The van der Waals surface area contributed by atoms with Crippen molar-refractivity contribution in [2.75, 3.05) is 31.6 Å². The van der Waals surface area contributed by atoms with E-state index < -0.39 is 0 Å². The lowest BCUT2D eigenvalue weighted by Crippen LogP contribution is -2.39. The van der Waals surface area contributed by atoms with Gasteiger partial charge in [-0.1, -0.05) is 13.8 Å². The molecule has 0 spiro atoms. The van der Waals surface area contributed by atoms with Crippen molar-refractivity contribution in [3.8, 4) is 5.88 Å². The van der Waals surface area contributed by atoms with E-state index in [-0.39, 0.29) is 0 Å². The maximum atomic E-state index is 5.25. The van der Waals surface area contributed by atoms with E-state index in [4.69, 9.17) is 4.74 Å². The van der Waals surface area contributed by atoms with Crippen LogP contribution in [0.15, 0.2) is 6.07 Å². The largest absolute Gasteiger partial charge is 0.481 e. The quantitative estimate of drug-likeness (QED) is 0.862. The summed E-state index contributed by atoms with van der Waals surface area (Å²) in [6.07, 6.45) is 2.44. The number of anilines is 1. The highest BCUT2D eigenvalue weighted by Crippen LogP contribution is 2.25. The maximum absolute atomic E-state index is 5.25. The number of hydrogen-bond donors (Lipinski definition) is 1. The molecule has 0 radical (unpaired) electrons. The third-order valence-corrected chi connectivity index (χ3v) is 3.61. The third-order valence-electron chi connectivity index (χ3n) is 3.61. The van der Waals surface area contributed by atoms with Gasteiger partial charge >= 0.3 is 0 Å². The smallest absolute Gasteiger partial charge is 0.218 e. The number of hydrogen-bond acceptors (Lipinski definition) is 5. The minimum atomic E-state index is 0.521. The van der Waals surface area contributed by atoms with Crippen LogP contribution in [0, 0.1) is 12.8 Å². The van der Waals surface area contributed by atoms with E-state index in [2.05, 4.69) is 34.0 Å². The van der Waals surface area contributed by atoms with Crippen LogP contribution in [0.4, 0.5) is 5.82 Å². The van der Waals surface area contributed by atoms with Gasteiger partial charge < -0.3 is 15.0 Å². The molecular formula is C15H26N4O. The van der Waals surface area contributed by atoms with Gasteiger partial charge in [0.1, 0.15) is 11.6 Å². The first-order valence-corrected chi connectivity index (χ1v) is 7.47. The second-order valence-corrected chi connectivity index (χ2v) is 5.86. The van der Waals surface area contributed by atoms with Crippen LogP contribution in [0.3, 0.4) is 0 Å². The fourth-order valence-corrected chi connectivity index (χ4v) is 2.67. The molecule has 0 aromatic carbocycles. The summed E-state index contributed by atoms with van der Waals surface area (Å²) in [5.74, 6) is 3.09. The lowest BCUT2D eigenvalue weighted by molar-refractivity contribution is 0.395. The van der Waals surface area contributed by atoms with Crippen LogP contribution >= 0.6 is 0 Å². The second-order valence-electron chi connectivity index (χ2n) is 5.86. The molecule has 1 atom stereocenters. The van der Waals surface area contributed by atoms with E-state index in [9.17, 15) is 0 Å². The Hall–Kier alpha value is -1.36. The van der Waals surface area contributed by atoms with Gasteiger partial charge in [-0.3, -0.25) is 0 Å². The zero-order valence-electron chi connectivity index (χ0n) is 13.0. The molecule has 0 saturated carbocycles. The number of methoxy groups -OCH3 is 1. The Morgan fingerprint density at radius 1 is 1.45 bits per heavy atom. The topological polar surface area (TPSA) is 50.3 Å².